The van der Waals surface area contributed by atoms with Gasteiger partial charge in [-0.05, 0) is 34.8 Å². The molecule has 2 atom stereocenters. The fourth-order valence-electron chi connectivity index (χ4n) is 1.26. The standard InChI is InChI=1S/C11H18BrNS/c1-4-8(2)9(3)13-6-11-5-10(12)7-14-11/h5,7-9,13H,4,6H2,1-3H3/t8-,9-/m1/s1. The summed E-state index contributed by atoms with van der Waals surface area (Å²) < 4.78 is 1.19. The van der Waals surface area contributed by atoms with Crippen molar-refractivity contribution in [3.8, 4) is 0 Å². The van der Waals surface area contributed by atoms with E-state index in [9.17, 15) is 0 Å². The van der Waals surface area contributed by atoms with Crippen molar-refractivity contribution >= 4 is 27.3 Å². The summed E-state index contributed by atoms with van der Waals surface area (Å²) in [5.41, 5.74) is 0. The summed E-state index contributed by atoms with van der Waals surface area (Å²) in [4.78, 5) is 1.40. The largest absolute Gasteiger partial charge is 0.309 e. The Kier molecular flexibility index (Phi) is 5.13. The van der Waals surface area contributed by atoms with Crippen LogP contribution in [0.4, 0.5) is 0 Å². The SMILES string of the molecule is CC[C@@H](C)[C@@H](C)NCc1cc(Br)cs1. The molecule has 1 rings (SSSR count). The van der Waals surface area contributed by atoms with Crippen molar-refractivity contribution in [2.24, 2.45) is 5.92 Å². The number of thiophene rings is 1. The maximum Gasteiger partial charge on any atom is 0.0302 e. The summed E-state index contributed by atoms with van der Waals surface area (Å²) in [5, 5.41) is 5.68. The molecule has 1 nitrogen and oxygen atoms in total. The molecular formula is C11H18BrNS. The maximum absolute atomic E-state index is 3.55. The molecule has 0 amide bonds. The smallest absolute Gasteiger partial charge is 0.0302 e. The normalized spacial score (nSPS) is 15.4. The molecule has 1 heterocycles. The van der Waals surface area contributed by atoms with Gasteiger partial charge in [0.2, 0.25) is 0 Å². The van der Waals surface area contributed by atoms with Crippen LogP contribution < -0.4 is 5.32 Å². The lowest BCUT2D eigenvalue weighted by Gasteiger charge is -2.19. The van der Waals surface area contributed by atoms with E-state index >= 15 is 0 Å². The van der Waals surface area contributed by atoms with E-state index in [1.807, 2.05) is 0 Å². The highest BCUT2D eigenvalue weighted by molar-refractivity contribution is 9.10. The molecule has 14 heavy (non-hydrogen) atoms. The third-order valence-corrected chi connectivity index (χ3v) is 4.42. The first-order valence-corrected chi connectivity index (χ1v) is 6.77. The zero-order chi connectivity index (χ0) is 10.6. The molecule has 80 valence electrons. The molecule has 0 radical (unpaired) electrons. The highest BCUT2D eigenvalue weighted by Crippen LogP contribution is 2.19. The first-order chi connectivity index (χ1) is 6.63. The van der Waals surface area contributed by atoms with Crippen LogP contribution >= 0.6 is 27.3 Å². The van der Waals surface area contributed by atoms with Crippen LogP contribution in [0.5, 0.6) is 0 Å². The van der Waals surface area contributed by atoms with Crippen LogP contribution in [0.15, 0.2) is 15.9 Å². The molecule has 0 aromatic carbocycles. The predicted octanol–water partition coefficient (Wildman–Crippen LogP) is 4.03. The number of nitrogens with one attached hydrogen (secondary N) is 1. The third-order valence-electron chi connectivity index (χ3n) is 2.72. The van der Waals surface area contributed by atoms with Crippen molar-refractivity contribution in [1.29, 1.82) is 0 Å². The fourth-order valence-corrected chi connectivity index (χ4v) is 2.66. The Balaban J connectivity index is 2.33. The second-order valence-electron chi connectivity index (χ2n) is 3.79. The molecule has 3 heteroatoms. The molecule has 0 unspecified atom stereocenters. The lowest BCUT2D eigenvalue weighted by Crippen LogP contribution is -2.30. The summed E-state index contributed by atoms with van der Waals surface area (Å²) in [5.74, 6) is 0.749. The molecule has 1 N–H and O–H groups in total. The average molecular weight is 276 g/mol. The van der Waals surface area contributed by atoms with Gasteiger partial charge in [0.15, 0.2) is 0 Å². The quantitative estimate of drug-likeness (QED) is 0.856. The van der Waals surface area contributed by atoms with E-state index in [2.05, 4.69) is 53.5 Å². The van der Waals surface area contributed by atoms with E-state index < -0.39 is 0 Å². The molecule has 1 aromatic rings. The molecule has 0 saturated carbocycles. The van der Waals surface area contributed by atoms with Gasteiger partial charge in [0, 0.05) is 27.3 Å². The first kappa shape index (κ1) is 12.2. The number of halogens is 1. The van der Waals surface area contributed by atoms with Gasteiger partial charge in [0.05, 0.1) is 0 Å². The number of hydrogen-bond donors (Lipinski definition) is 1. The Morgan fingerprint density at radius 1 is 1.50 bits per heavy atom. The predicted molar refractivity (Wildman–Crippen MR) is 67.8 cm³/mol. The van der Waals surface area contributed by atoms with Crippen LogP contribution in [0.3, 0.4) is 0 Å². The fraction of sp³-hybridized carbons (Fsp3) is 0.636. The first-order valence-electron chi connectivity index (χ1n) is 5.09. The summed E-state index contributed by atoms with van der Waals surface area (Å²) in [6, 6.07) is 2.78. The summed E-state index contributed by atoms with van der Waals surface area (Å²) in [6.45, 7) is 7.78. The Bertz CT molecular complexity index is 272. The molecule has 0 aliphatic rings. The zero-order valence-electron chi connectivity index (χ0n) is 9.01. The second-order valence-corrected chi connectivity index (χ2v) is 5.70. The van der Waals surface area contributed by atoms with Gasteiger partial charge in [-0.1, -0.05) is 20.3 Å². The highest BCUT2D eigenvalue weighted by atomic mass is 79.9. The third kappa shape index (κ3) is 3.71. The minimum absolute atomic E-state index is 0.598. The Labute approximate surface area is 99.0 Å². The van der Waals surface area contributed by atoms with Crippen LogP contribution in [-0.4, -0.2) is 6.04 Å². The lowest BCUT2D eigenvalue weighted by molar-refractivity contribution is 0.390. The second kappa shape index (κ2) is 5.89. The van der Waals surface area contributed by atoms with E-state index in [1.54, 1.807) is 11.3 Å². The van der Waals surface area contributed by atoms with Crippen LogP contribution in [-0.2, 0) is 6.54 Å². The average Bonchev–Trinajstić information content (AvgIpc) is 2.59. The lowest BCUT2D eigenvalue weighted by atomic mass is 10.0. The monoisotopic (exact) mass is 275 g/mol. The van der Waals surface area contributed by atoms with E-state index in [1.165, 1.54) is 15.8 Å². The molecule has 0 saturated heterocycles. The van der Waals surface area contributed by atoms with E-state index in [0.29, 0.717) is 6.04 Å². The van der Waals surface area contributed by atoms with Gasteiger partial charge in [-0.25, -0.2) is 0 Å². The zero-order valence-corrected chi connectivity index (χ0v) is 11.4. The summed E-state index contributed by atoms with van der Waals surface area (Å²) in [6.07, 6.45) is 1.24. The van der Waals surface area contributed by atoms with Gasteiger partial charge in [-0.2, -0.15) is 0 Å². The molecule has 0 spiro atoms. The van der Waals surface area contributed by atoms with Gasteiger partial charge in [0.25, 0.3) is 0 Å². The summed E-state index contributed by atoms with van der Waals surface area (Å²) in [7, 11) is 0. The van der Waals surface area contributed by atoms with E-state index in [0.717, 1.165) is 12.5 Å². The molecule has 0 bridgehead atoms. The highest BCUT2D eigenvalue weighted by Gasteiger charge is 2.09. The van der Waals surface area contributed by atoms with E-state index in [4.69, 9.17) is 0 Å². The van der Waals surface area contributed by atoms with Crippen molar-refractivity contribution in [2.45, 2.75) is 39.8 Å². The Morgan fingerprint density at radius 2 is 2.21 bits per heavy atom. The molecule has 0 aliphatic carbocycles. The minimum atomic E-state index is 0.598. The minimum Gasteiger partial charge on any atom is -0.309 e. The van der Waals surface area contributed by atoms with Crippen LogP contribution in [0.1, 0.15) is 32.1 Å². The van der Waals surface area contributed by atoms with Gasteiger partial charge < -0.3 is 5.32 Å². The van der Waals surface area contributed by atoms with Crippen molar-refractivity contribution in [3.05, 3.63) is 20.8 Å². The summed E-state index contributed by atoms with van der Waals surface area (Å²) >= 11 is 5.27. The Morgan fingerprint density at radius 3 is 2.71 bits per heavy atom. The van der Waals surface area contributed by atoms with Gasteiger partial charge >= 0.3 is 0 Å². The molecule has 0 fully saturated rings. The van der Waals surface area contributed by atoms with Crippen molar-refractivity contribution < 1.29 is 0 Å². The number of hydrogen-bond acceptors (Lipinski definition) is 2. The van der Waals surface area contributed by atoms with Crippen molar-refractivity contribution in [3.63, 3.8) is 0 Å². The van der Waals surface area contributed by atoms with Crippen molar-refractivity contribution in [2.75, 3.05) is 0 Å². The van der Waals surface area contributed by atoms with Crippen LogP contribution in [0.25, 0.3) is 0 Å². The Hall–Kier alpha value is 0.140. The molecular weight excluding hydrogens is 258 g/mol. The molecule has 1 aromatic heterocycles. The van der Waals surface area contributed by atoms with Gasteiger partial charge in [0.1, 0.15) is 0 Å². The van der Waals surface area contributed by atoms with Gasteiger partial charge in [-0.15, -0.1) is 11.3 Å². The maximum atomic E-state index is 3.55. The van der Waals surface area contributed by atoms with Crippen LogP contribution in [0.2, 0.25) is 0 Å². The van der Waals surface area contributed by atoms with Crippen molar-refractivity contribution in [1.82, 2.24) is 5.32 Å². The molecule has 0 aliphatic heterocycles. The van der Waals surface area contributed by atoms with E-state index in [-0.39, 0.29) is 0 Å². The topological polar surface area (TPSA) is 12.0 Å². The van der Waals surface area contributed by atoms with Crippen LogP contribution in [0, 0.1) is 5.92 Å². The van der Waals surface area contributed by atoms with Gasteiger partial charge in [-0.3, -0.25) is 0 Å². The number of rotatable bonds is 5.